The van der Waals surface area contributed by atoms with Crippen molar-refractivity contribution in [1.29, 1.82) is 0 Å². The molecule has 102 valence electrons. The molecule has 1 fully saturated rings. The normalized spacial score (nSPS) is 21.5. The maximum atomic E-state index is 11.7. The molecule has 1 saturated heterocycles. The predicted molar refractivity (Wildman–Crippen MR) is 75.7 cm³/mol. The van der Waals surface area contributed by atoms with Gasteiger partial charge in [0, 0.05) is 38.1 Å². The van der Waals surface area contributed by atoms with Gasteiger partial charge in [0.2, 0.25) is 0 Å². The molecule has 19 heavy (non-hydrogen) atoms. The van der Waals surface area contributed by atoms with Gasteiger partial charge in [-0.2, -0.15) is 0 Å². The molecule has 0 saturated carbocycles. The van der Waals surface area contributed by atoms with Crippen molar-refractivity contribution in [3.8, 4) is 0 Å². The van der Waals surface area contributed by atoms with E-state index < -0.39 is 9.84 Å². The molecule has 0 bridgehead atoms. The Kier molecular flexibility index (Phi) is 3.43. The summed E-state index contributed by atoms with van der Waals surface area (Å²) in [5, 5.41) is 4.63. The highest BCUT2D eigenvalue weighted by Crippen LogP contribution is 2.27. The molecule has 0 spiro atoms. The van der Waals surface area contributed by atoms with E-state index in [9.17, 15) is 8.42 Å². The quantitative estimate of drug-likeness (QED) is 0.892. The molecule has 0 atom stereocenters. The van der Waals surface area contributed by atoms with Gasteiger partial charge in [-0.15, -0.1) is 0 Å². The van der Waals surface area contributed by atoms with Crippen LogP contribution in [0.25, 0.3) is 6.08 Å². The van der Waals surface area contributed by atoms with Crippen LogP contribution in [0.3, 0.4) is 0 Å². The van der Waals surface area contributed by atoms with E-state index in [2.05, 4.69) is 10.2 Å². The molecule has 0 aliphatic carbocycles. The second-order valence-corrected chi connectivity index (χ2v) is 6.86. The molecule has 2 heterocycles. The van der Waals surface area contributed by atoms with E-state index in [0.29, 0.717) is 4.90 Å². The number of hydrogen-bond donors (Lipinski definition) is 1. The van der Waals surface area contributed by atoms with Gasteiger partial charge in [0.15, 0.2) is 9.84 Å². The topological polar surface area (TPSA) is 49.4 Å². The molecule has 0 aromatic heterocycles. The summed E-state index contributed by atoms with van der Waals surface area (Å²) in [7, 11) is -3.16. The van der Waals surface area contributed by atoms with Crippen LogP contribution in [0, 0.1) is 0 Å². The largest absolute Gasteiger partial charge is 0.314 e. The SMILES string of the molecule is O=S1(=O)C=Cc2cc(CCN3CCNCC3)ccc21. The number of nitrogens with zero attached hydrogens (tertiary/aromatic N) is 1. The summed E-state index contributed by atoms with van der Waals surface area (Å²) in [4.78, 5) is 2.88. The summed E-state index contributed by atoms with van der Waals surface area (Å²) < 4.78 is 23.3. The molecule has 1 N–H and O–H groups in total. The lowest BCUT2D eigenvalue weighted by Gasteiger charge is -2.27. The van der Waals surface area contributed by atoms with Crippen LogP contribution in [0.5, 0.6) is 0 Å². The molecule has 2 aliphatic heterocycles. The Hall–Kier alpha value is -1.17. The molecule has 5 heteroatoms. The van der Waals surface area contributed by atoms with E-state index in [4.69, 9.17) is 0 Å². The Bertz CT molecular complexity index is 602. The molecule has 4 nitrogen and oxygen atoms in total. The van der Waals surface area contributed by atoms with Crippen molar-refractivity contribution in [3.63, 3.8) is 0 Å². The van der Waals surface area contributed by atoms with Crippen molar-refractivity contribution in [2.75, 3.05) is 32.7 Å². The standard InChI is InChI=1S/C14H18N2O2S/c17-19(18)10-4-13-11-12(1-2-14(13)19)3-7-16-8-5-15-6-9-16/h1-2,4,10-11,15H,3,5-9H2. The van der Waals surface area contributed by atoms with Crippen molar-refractivity contribution in [2.24, 2.45) is 0 Å². The van der Waals surface area contributed by atoms with E-state index in [1.807, 2.05) is 12.1 Å². The maximum absolute atomic E-state index is 11.7. The minimum absolute atomic E-state index is 0.443. The van der Waals surface area contributed by atoms with E-state index >= 15 is 0 Å². The zero-order valence-electron chi connectivity index (χ0n) is 10.8. The average Bonchev–Trinajstić information content (AvgIpc) is 2.73. The predicted octanol–water partition coefficient (Wildman–Crippen LogP) is 0.892. The Morgan fingerprint density at radius 1 is 1.21 bits per heavy atom. The van der Waals surface area contributed by atoms with Gasteiger partial charge >= 0.3 is 0 Å². The number of hydrogen-bond acceptors (Lipinski definition) is 4. The van der Waals surface area contributed by atoms with Crippen molar-refractivity contribution in [3.05, 3.63) is 34.7 Å². The van der Waals surface area contributed by atoms with Crippen LogP contribution in [-0.4, -0.2) is 46.0 Å². The summed E-state index contributed by atoms with van der Waals surface area (Å²) in [6, 6.07) is 5.67. The third kappa shape index (κ3) is 2.73. The first-order valence-corrected chi connectivity index (χ1v) is 8.19. The monoisotopic (exact) mass is 278 g/mol. The summed E-state index contributed by atoms with van der Waals surface area (Å²) >= 11 is 0. The Balaban J connectivity index is 1.68. The summed E-state index contributed by atoms with van der Waals surface area (Å²) in [6.07, 6.45) is 2.67. The van der Waals surface area contributed by atoms with Gasteiger partial charge in [0.25, 0.3) is 0 Å². The molecule has 2 aliphatic rings. The lowest BCUT2D eigenvalue weighted by Crippen LogP contribution is -2.44. The number of rotatable bonds is 3. The zero-order valence-corrected chi connectivity index (χ0v) is 11.6. The van der Waals surface area contributed by atoms with Crippen LogP contribution in [0.2, 0.25) is 0 Å². The van der Waals surface area contributed by atoms with Crippen molar-refractivity contribution in [2.45, 2.75) is 11.3 Å². The molecule has 0 unspecified atom stereocenters. The summed E-state index contributed by atoms with van der Waals surface area (Å²) in [5.41, 5.74) is 2.04. The highest BCUT2D eigenvalue weighted by Gasteiger charge is 2.20. The lowest BCUT2D eigenvalue weighted by molar-refractivity contribution is 0.244. The molecule has 1 aromatic carbocycles. The van der Waals surface area contributed by atoms with Gasteiger partial charge in [0.05, 0.1) is 4.90 Å². The summed E-state index contributed by atoms with van der Waals surface area (Å²) in [6.45, 7) is 5.35. The van der Waals surface area contributed by atoms with Gasteiger partial charge < -0.3 is 10.2 Å². The number of fused-ring (bicyclic) bond motifs is 1. The Labute approximate surface area is 114 Å². The van der Waals surface area contributed by atoms with Crippen LogP contribution in [0.15, 0.2) is 28.5 Å². The van der Waals surface area contributed by atoms with Gasteiger partial charge in [-0.3, -0.25) is 0 Å². The zero-order chi connectivity index (χ0) is 13.3. The average molecular weight is 278 g/mol. The van der Waals surface area contributed by atoms with Gasteiger partial charge in [-0.25, -0.2) is 8.42 Å². The molecule has 1 aromatic rings. The van der Waals surface area contributed by atoms with E-state index in [0.717, 1.165) is 44.7 Å². The second-order valence-electron chi connectivity index (χ2n) is 5.06. The molecule has 3 rings (SSSR count). The number of sulfone groups is 1. The van der Waals surface area contributed by atoms with Crippen LogP contribution >= 0.6 is 0 Å². The fourth-order valence-corrected chi connectivity index (χ4v) is 3.79. The van der Waals surface area contributed by atoms with Crippen molar-refractivity contribution >= 4 is 15.9 Å². The highest BCUT2D eigenvalue weighted by atomic mass is 32.2. The van der Waals surface area contributed by atoms with Crippen LogP contribution in [0.4, 0.5) is 0 Å². The van der Waals surface area contributed by atoms with E-state index in [1.54, 1.807) is 12.1 Å². The third-order valence-corrected chi connectivity index (χ3v) is 5.21. The number of benzene rings is 1. The van der Waals surface area contributed by atoms with Crippen LogP contribution in [-0.2, 0) is 16.3 Å². The second kappa shape index (κ2) is 5.07. The van der Waals surface area contributed by atoms with Crippen LogP contribution in [0.1, 0.15) is 11.1 Å². The van der Waals surface area contributed by atoms with Crippen LogP contribution < -0.4 is 5.32 Å². The molecule has 0 radical (unpaired) electrons. The minimum Gasteiger partial charge on any atom is -0.314 e. The first-order valence-electron chi connectivity index (χ1n) is 6.64. The molecule has 0 amide bonds. The third-order valence-electron chi connectivity index (χ3n) is 3.73. The Morgan fingerprint density at radius 3 is 2.79 bits per heavy atom. The first-order chi connectivity index (χ1) is 9.15. The minimum atomic E-state index is -3.16. The number of piperazine rings is 1. The number of nitrogens with one attached hydrogen (secondary N) is 1. The molecular formula is C14H18N2O2S. The van der Waals surface area contributed by atoms with Gasteiger partial charge in [-0.05, 0) is 29.7 Å². The first kappa shape index (κ1) is 12.8. The van der Waals surface area contributed by atoms with Crippen molar-refractivity contribution < 1.29 is 8.42 Å². The van der Waals surface area contributed by atoms with E-state index in [-0.39, 0.29) is 0 Å². The fourth-order valence-electron chi connectivity index (χ4n) is 2.60. The van der Waals surface area contributed by atoms with Gasteiger partial charge in [0.1, 0.15) is 0 Å². The maximum Gasteiger partial charge on any atom is 0.200 e. The smallest absolute Gasteiger partial charge is 0.200 e. The van der Waals surface area contributed by atoms with Crippen molar-refractivity contribution in [1.82, 2.24) is 10.2 Å². The highest BCUT2D eigenvalue weighted by molar-refractivity contribution is 7.94. The lowest BCUT2D eigenvalue weighted by atomic mass is 10.1. The Morgan fingerprint density at radius 2 is 2.00 bits per heavy atom. The van der Waals surface area contributed by atoms with E-state index in [1.165, 1.54) is 11.0 Å². The molecular weight excluding hydrogens is 260 g/mol. The summed E-state index contributed by atoms with van der Waals surface area (Å²) in [5.74, 6) is 0. The van der Waals surface area contributed by atoms with Gasteiger partial charge in [-0.1, -0.05) is 12.1 Å². The fraction of sp³-hybridized carbons (Fsp3) is 0.429.